The third-order valence-electron chi connectivity index (χ3n) is 4.06. The summed E-state index contributed by atoms with van der Waals surface area (Å²) in [7, 11) is 0. The fourth-order valence-electron chi connectivity index (χ4n) is 2.86. The lowest BCUT2D eigenvalue weighted by Gasteiger charge is -2.36. The molecule has 19 heavy (non-hydrogen) atoms. The van der Waals surface area contributed by atoms with Gasteiger partial charge in [-0.3, -0.25) is 9.69 Å². The molecule has 0 bridgehead atoms. The molecule has 104 valence electrons. The van der Waals surface area contributed by atoms with E-state index in [1.54, 1.807) is 13.8 Å². The monoisotopic (exact) mass is 267 g/mol. The summed E-state index contributed by atoms with van der Waals surface area (Å²) in [5.74, 6) is -1.32. The van der Waals surface area contributed by atoms with Gasteiger partial charge in [0.05, 0.1) is 0 Å². The molecule has 2 N–H and O–H groups in total. The smallest absolute Gasteiger partial charge is 0.323 e. The SMILES string of the molecule is CC(c1cc(F)ccc1O)N1CCCC1(C)C(=O)O. The van der Waals surface area contributed by atoms with E-state index in [1.807, 2.05) is 4.90 Å². The average Bonchev–Trinajstić information content (AvgIpc) is 2.75. The second kappa shape index (κ2) is 4.81. The molecule has 1 aliphatic rings. The van der Waals surface area contributed by atoms with Crippen LogP contribution in [0, 0.1) is 5.82 Å². The van der Waals surface area contributed by atoms with Crippen LogP contribution in [0.15, 0.2) is 18.2 Å². The van der Waals surface area contributed by atoms with E-state index in [1.165, 1.54) is 18.2 Å². The maximum Gasteiger partial charge on any atom is 0.323 e. The van der Waals surface area contributed by atoms with E-state index in [9.17, 15) is 19.4 Å². The van der Waals surface area contributed by atoms with E-state index in [0.717, 1.165) is 6.42 Å². The molecule has 0 saturated carbocycles. The molecule has 1 aliphatic heterocycles. The zero-order chi connectivity index (χ0) is 14.2. The number of aliphatic carboxylic acids is 1. The van der Waals surface area contributed by atoms with Crippen LogP contribution in [0.5, 0.6) is 5.75 Å². The summed E-state index contributed by atoms with van der Waals surface area (Å²) in [6.45, 7) is 4.09. The van der Waals surface area contributed by atoms with Crippen molar-refractivity contribution in [3.63, 3.8) is 0 Å². The number of halogens is 1. The third kappa shape index (κ3) is 2.30. The highest BCUT2D eigenvalue weighted by Crippen LogP contribution is 2.39. The molecule has 1 aromatic carbocycles. The minimum Gasteiger partial charge on any atom is -0.508 e. The van der Waals surface area contributed by atoms with Crippen molar-refractivity contribution in [1.29, 1.82) is 0 Å². The largest absolute Gasteiger partial charge is 0.508 e. The van der Waals surface area contributed by atoms with Crippen molar-refractivity contribution < 1.29 is 19.4 Å². The molecule has 1 saturated heterocycles. The van der Waals surface area contributed by atoms with Crippen molar-refractivity contribution in [2.75, 3.05) is 6.54 Å². The molecule has 0 aromatic heterocycles. The molecule has 2 unspecified atom stereocenters. The summed E-state index contributed by atoms with van der Waals surface area (Å²) in [6, 6.07) is 3.40. The Hall–Kier alpha value is -1.62. The summed E-state index contributed by atoms with van der Waals surface area (Å²) in [4.78, 5) is 13.3. The second-order valence-electron chi connectivity index (χ2n) is 5.26. The van der Waals surface area contributed by atoms with Crippen molar-refractivity contribution in [3.8, 4) is 5.75 Å². The topological polar surface area (TPSA) is 60.8 Å². The first-order valence-electron chi connectivity index (χ1n) is 6.35. The first-order valence-corrected chi connectivity index (χ1v) is 6.35. The van der Waals surface area contributed by atoms with Crippen LogP contribution in [-0.4, -0.2) is 33.2 Å². The van der Waals surface area contributed by atoms with Crippen LogP contribution in [0.4, 0.5) is 4.39 Å². The quantitative estimate of drug-likeness (QED) is 0.883. The molecule has 1 heterocycles. The summed E-state index contributed by atoms with van der Waals surface area (Å²) in [5, 5.41) is 19.2. The van der Waals surface area contributed by atoms with Crippen LogP contribution in [0.2, 0.25) is 0 Å². The molecule has 5 heteroatoms. The van der Waals surface area contributed by atoms with Crippen molar-refractivity contribution in [1.82, 2.24) is 4.90 Å². The van der Waals surface area contributed by atoms with Gasteiger partial charge in [-0.25, -0.2) is 4.39 Å². The van der Waals surface area contributed by atoms with Gasteiger partial charge in [-0.15, -0.1) is 0 Å². The molecular formula is C14H18FNO3. The number of hydrogen-bond donors (Lipinski definition) is 2. The fraction of sp³-hybridized carbons (Fsp3) is 0.500. The Bertz CT molecular complexity index is 505. The van der Waals surface area contributed by atoms with Crippen LogP contribution in [-0.2, 0) is 4.79 Å². The Labute approximate surface area is 111 Å². The predicted molar refractivity (Wildman–Crippen MR) is 68.5 cm³/mol. The Morgan fingerprint density at radius 2 is 2.21 bits per heavy atom. The third-order valence-corrected chi connectivity index (χ3v) is 4.06. The van der Waals surface area contributed by atoms with Gasteiger partial charge in [-0.05, 0) is 51.4 Å². The number of likely N-dealkylation sites (tertiary alicyclic amines) is 1. The lowest BCUT2D eigenvalue weighted by molar-refractivity contribution is -0.149. The Morgan fingerprint density at radius 1 is 1.53 bits per heavy atom. The van der Waals surface area contributed by atoms with E-state index in [0.29, 0.717) is 18.5 Å². The minimum absolute atomic E-state index is 0.00598. The van der Waals surface area contributed by atoms with Crippen LogP contribution in [0.1, 0.15) is 38.3 Å². The van der Waals surface area contributed by atoms with E-state index in [4.69, 9.17) is 0 Å². The van der Waals surface area contributed by atoms with Crippen LogP contribution in [0.25, 0.3) is 0 Å². The van der Waals surface area contributed by atoms with Gasteiger partial charge in [0.15, 0.2) is 0 Å². The van der Waals surface area contributed by atoms with Gasteiger partial charge < -0.3 is 10.2 Å². The maximum atomic E-state index is 13.3. The lowest BCUT2D eigenvalue weighted by Crippen LogP contribution is -2.48. The van der Waals surface area contributed by atoms with Crippen molar-refractivity contribution in [2.45, 2.75) is 38.3 Å². The highest BCUT2D eigenvalue weighted by atomic mass is 19.1. The summed E-state index contributed by atoms with van der Waals surface area (Å²) >= 11 is 0. The molecule has 0 radical (unpaired) electrons. The molecular weight excluding hydrogens is 249 g/mol. The van der Waals surface area contributed by atoms with Gasteiger partial charge >= 0.3 is 5.97 Å². The van der Waals surface area contributed by atoms with Crippen molar-refractivity contribution >= 4 is 5.97 Å². The number of phenolic OH excluding ortho intramolecular Hbond substituents is 1. The maximum absolute atomic E-state index is 13.3. The summed E-state index contributed by atoms with van der Waals surface area (Å²) in [5.41, 5.74) is -0.535. The van der Waals surface area contributed by atoms with Gasteiger partial charge in [0.2, 0.25) is 0 Å². The number of carbonyl (C=O) groups is 1. The summed E-state index contributed by atoms with van der Waals surface area (Å²) < 4.78 is 13.3. The molecule has 4 nitrogen and oxygen atoms in total. The zero-order valence-corrected chi connectivity index (χ0v) is 11.1. The Morgan fingerprint density at radius 3 is 2.84 bits per heavy atom. The number of carboxylic acid groups (broad SMARTS) is 1. The van der Waals surface area contributed by atoms with Gasteiger partial charge in [-0.1, -0.05) is 0 Å². The van der Waals surface area contributed by atoms with Crippen LogP contribution >= 0.6 is 0 Å². The van der Waals surface area contributed by atoms with Crippen molar-refractivity contribution in [2.24, 2.45) is 0 Å². The van der Waals surface area contributed by atoms with Gasteiger partial charge in [-0.2, -0.15) is 0 Å². The number of nitrogens with zero attached hydrogens (tertiary/aromatic N) is 1. The number of rotatable bonds is 3. The van der Waals surface area contributed by atoms with Crippen LogP contribution in [0.3, 0.4) is 0 Å². The zero-order valence-electron chi connectivity index (χ0n) is 11.1. The molecule has 2 atom stereocenters. The Balaban J connectivity index is 2.36. The highest BCUT2D eigenvalue weighted by molar-refractivity contribution is 5.78. The number of aromatic hydroxyl groups is 1. The molecule has 0 amide bonds. The molecule has 1 aromatic rings. The number of hydrogen-bond acceptors (Lipinski definition) is 3. The number of carboxylic acids is 1. The minimum atomic E-state index is -0.960. The number of phenols is 1. The van der Waals surface area contributed by atoms with Crippen LogP contribution < -0.4 is 0 Å². The van der Waals surface area contributed by atoms with Gasteiger partial charge in [0.1, 0.15) is 17.1 Å². The van der Waals surface area contributed by atoms with E-state index in [-0.39, 0.29) is 11.8 Å². The average molecular weight is 267 g/mol. The number of benzene rings is 1. The molecule has 2 rings (SSSR count). The first kappa shape index (κ1) is 13.8. The molecule has 0 aliphatic carbocycles. The van der Waals surface area contributed by atoms with Gasteiger partial charge in [0.25, 0.3) is 0 Å². The van der Waals surface area contributed by atoms with E-state index >= 15 is 0 Å². The fourth-order valence-corrected chi connectivity index (χ4v) is 2.86. The Kier molecular flexibility index (Phi) is 3.49. The molecule has 0 spiro atoms. The first-order chi connectivity index (χ1) is 8.86. The van der Waals surface area contributed by atoms with Gasteiger partial charge in [0, 0.05) is 11.6 Å². The summed E-state index contributed by atoms with van der Waals surface area (Å²) in [6.07, 6.45) is 1.34. The molecule has 1 fully saturated rings. The van der Waals surface area contributed by atoms with E-state index in [2.05, 4.69) is 0 Å². The predicted octanol–water partition coefficient (Wildman–Crippen LogP) is 2.53. The highest BCUT2D eigenvalue weighted by Gasteiger charge is 2.45. The van der Waals surface area contributed by atoms with E-state index < -0.39 is 17.3 Å². The second-order valence-corrected chi connectivity index (χ2v) is 5.26. The lowest BCUT2D eigenvalue weighted by atomic mass is 9.95. The normalized spacial score (nSPS) is 25.4. The standard InChI is InChI=1S/C14H18FNO3/c1-9(11-8-10(15)4-5-12(11)17)16-7-3-6-14(16,2)13(18)19/h4-5,8-9,17H,3,6-7H2,1-2H3,(H,18,19). The van der Waals surface area contributed by atoms with Crippen molar-refractivity contribution in [3.05, 3.63) is 29.6 Å².